The molecule has 1 fully saturated rings. The Morgan fingerprint density at radius 2 is 2.05 bits per heavy atom. The van der Waals surface area contributed by atoms with Gasteiger partial charge < -0.3 is 10.6 Å². The van der Waals surface area contributed by atoms with E-state index in [4.69, 9.17) is 0 Å². The van der Waals surface area contributed by atoms with Crippen molar-refractivity contribution in [2.75, 3.05) is 18.4 Å². The zero-order chi connectivity index (χ0) is 14.9. The predicted molar refractivity (Wildman–Crippen MR) is 70.3 cm³/mol. The van der Waals surface area contributed by atoms with Crippen LogP contribution in [0.4, 0.5) is 18.9 Å². The van der Waals surface area contributed by atoms with Crippen LogP contribution < -0.4 is 10.6 Å². The molecule has 110 valence electrons. The summed E-state index contributed by atoms with van der Waals surface area (Å²) < 4.78 is 38.0. The highest BCUT2D eigenvalue weighted by molar-refractivity contribution is 5.93. The number of hydrogen-bond donors (Lipinski definition) is 2. The minimum absolute atomic E-state index is 0.182. The first-order valence-electron chi connectivity index (χ1n) is 6.48. The Bertz CT molecular complexity index is 514. The van der Waals surface area contributed by atoms with Gasteiger partial charge in [0.2, 0.25) is 5.91 Å². The van der Waals surface area contributed by atoms with E-state index in [1.165, 1.54) is 6.07 Å². The SMILES string of the molecule is Cc1ccc(C(F)(F)F)cc1NC(=O)C1CNCC1C. The van der Waals surface area contributed by atoms with E-state index in [9.17, 15) is 18.0 Å². The molecule has 1 amide bonds. The number of carbonyl (C=O) groups is 1. The second-order valence-corrected chi connectivity index (χ2v) is 5.26. The topological polar surface area (TPSA) is 41.1 Å². The molecule has 2 N–H and O–H groups in total. The molecule has 1 heterocycles. The Morgan fingerprint density at radius 3 is 2.60 bits per heavy atom. The first kappa shape index (κ1) is 14.8. The van der Waals surface area contributed by atoms with E-state index in [-0.39, 0.29) is 23.4 Å². The summed E-state index contributed by atoms with van der Waals surface area (Å²) in [6, 6.07) is 3.37. The predicted octanol–water partition coefficient (Wildman–Crippen LogP) is 2.81. The number of aryl methyl sites for hydroxylation is 1. The highest BCUT2D eigenvalue weighted by Gasteiger charge is 2.32. The lowest BCUT2D eigenvalue weighted by Crippen LogP contribution is -2.28. The summed E-state index contributed by atoms with van der Waals surface area (Å²) in [7, 11) is 0. The van der Waals surface area contributed by atoms with Gasteiger partial charge in [-0.05, 0) is 37.1 Å². The number of anilines is 1. The van der Waals surface area contributed by atoms with Crippen LogP contribution >= 0.6 is 0 Å². The van der Waals surface area contributed by atoms with Crippen LogP contribution in [0.2, 0.25) is 0 Å². The summed E-state index contributed by atoms with van der Waals surface area (Å²) >= 11 is 0. The van der Waals surface area contributed by atoms with Gasteiger partial charge in [-0.3, -0.25) is 4.79 Å². The van der Waals surface area contributed by atoms with Crippen molar-refractivity contribution < 1.29 is 18.0 Å². The van der Waals surface area contributed by atoms with E-state index >= 15 is 0 Å². The highest BCUT2D eigenvalue weighted by atomic mass is 19.4. The van der Waals surface area contributed by atoms with Crippen molar-refractivity contribution >= 4 is 11.6 Å². The van der Waals surface area contributed by atoms with Crippen LogP contribution in [0.25, 0.3) is 0 Å². The van der Waals surface area contributed by atoms with E-state index in [0.717, 1.165) is 18.7 Å². The standard InChI is InChI=1S/C14H17F3N2O/c1-8-3-4-10(14(15,16)17)5-12(8)19-13(20)11-7-18-6-9(11)2/h3-5,9,11,18H,6-7H2,1-2H3,(H,19,20). The van der Waals surface area contributed by atoms with E-state index in [0.29, 0.717) is 12.1 Å². The van der Waals surface area contributed by atoms with E-state index in [1.54, 1.807) is 6.92 Å². The lowest BCUT2D eigenvalue weighted by molar-refractivity contribution is -0.137. The molecule has 1 aromatic rings. The molecular formula is C14H17F3N2O. The van der Waals surface area contributed by atoms with Gasteiger partial charge in [-0.25, -0.2) is 0 Å². The molecule has 1 aliphatic rings. The number of halogens is 3. The van der Waals surface area contributed by atoms with Crippen molar-refractivity contribution in [1.82, 2.24) is 5.32 Å². The maximum atomic E-state index is 12.7. The largest absolute Gasteiger partial charge is 0.416 e. The normalized spacial score (nSPS) is 22.9. The molecule has 0 aliphatic carbocycles. The van der Waals surface area contributed by atoms with Crippen molar-refractivity contribution in [3.05, 3.63) is 29.3 Å². The molecule has 0 aromatic heterocycles. The first-order chi connectivity index (χ1) is 9.29. The quantitative estimate of drug-likeness (QED) is 0.877. The van der Waals surface area contributed by atoms with Crippen molar-refractivity contribution in [3.8, 4) is 0 Å². The van der Waals surface area contributed by atoms with Crippen LogP contribution in [0.5, 0.6) is 0 Å². The molecule has 1 aliphatic heterocycles. The fraction of sp³-hybridized carbons (Fsp3) is 0.500. The maximum absolute atomic E-state index is 12.7. The number of amides is 1. The molecule has 20 heavy (non-hydrogen) atoms. The van der Waals surface area contributed by atoms with Crippen molar-refractivity contribution in [2.24, 2.45) is 11.8 Å². The molecule has 1 saturated heterocycles. The Balaban J connectivity index is 2.18. The van der Waals surface area contributed by atoms with Gasteiger partial charge in [0, 0.05) is 12.2 Å². The van der Waals surface area contributed by atoms with Gasteiger partial charge in [0.05, 0.1) is 11.5 Å². The monoisotopic (exact) mass is 286 g/mol. The molecule has 1 aromatic carbocycles. The van der Waals surface area contributed by atoms with Gasteiger partial charge in [0.15, 0.2) is 0 Å². The van der Waals surface area contributed by atoms with Crippen LogP contribution in [-0.4, -0.2) is 19.0 Å². The van der Waals surface area contributed by atoms with Gasteiger partial charge in [-0.2, -0.15) is 13.2 Å². The Hall–Kier alpha value is -1.56. The maximum Gasteiger partial charge on any atom is 0.416 e. The van der Waals surface area contributed by atoms with Crippen LogP contribution in [0.3, 0.4) is 0 Å². The molecule has 0 radical (unpaired) electrons. The average molecular weight is 286 g/mol. The van der Waals surface area contributed by atoms with Crippen molar-refractivity contribution in [3.63, 3.8) is 0 Å². The molecule has 2 rings (SSSR count). The third-order valence-corrected chi connectivity index (χ3v) is 3.68. The number of carbonyl (C=O) groups excluding carboxylic acids is 1. The molecule has 0 saturated carbocycles. The van der Waals surface area contributed by atoms with Gasteiger partial charge in [0.25, 0.3) is 0 Å². The summed E-state index contributed by atoms with van der Waals surface area (Å²) in [6.45, 7) is 4.93. The summed E-state index contributed by atoms with van der Waals surface area (Å²) in [5, 5.41) is 5.71. The smallest absolute Gasteiger partial charge is 0.326 e. The number of hydrogen-bond acceptors (Lipinski definition) is 2. The number of alkyl halides is 3. The zero-order valence-corrected chi connectivity index (χ0v) is 11.3. The van der Waals surface area contributed by atoms with Crippen LogP contribution in [0.1, 0.15) is 18.1 Å². The molecule has 2 unspecified atom stereocenters. The molecule has 6 heteroatoms. The van der Waals surface area contributed by atoms with Crippen molar-refractivity contribution in [1.29, 1.82) is 0 Å². The fourth-order valence-electron chi connectivity index (χ4n) is 2.32. The van der Waals surface area contributed by atoms with Gasteiger partial charge >= 0.3 is 6.18 Å². The number of benzene rings is 1. The molecular weight excluding hydrogens is 269 g/mol. The van der Waals surface area contributed by atoms with Crippen LogP contribution in [-0.2, 0) is 11.0 Å². The Kier molecular flexibility index (Phi) is 4.04. The Morgan fingerprint density at radius 1 is 1.35 bits per heavy atom. The summed E-state index contributed by atoms with van der Waals surface area (Å²) in [5.41, 5.74) is 0.0879. The highest BCUT2D eigenvalue weighted by Crippen LogP contribution is 2.32. The zero-order valence-electron chi connectivity index (χ0n) is 11.3. The van der Waals surface area contributed by atoms with Gasteiger partial charge in [-0.1, -0.05) is 13.0 Å². The van der Waals surface area contributed by atoms with Crippen LogP contribution in [0.15, 0.2) is 18.2 Å². The summed E-state index contributed by atoms with van der Waals surface area (Å²) in [5.74, 6) is -0.255. The minimum Gasteiger partial charge on any atom is -0.326 e. The van der Waals surface area contributed by atoms with Gasteiger partial charge in [0.1, 0.15) is 0 Å². The van der Waals surface area contributed by atoms with Crippen molar-refractivity contribution in [2.45, 2.75) is 20.0 Å². The third-order valence-electron chi connectivity index (χ3n) is 3.68. The second kappa shape index (κ2) is 5.44. The van der Waals surface area contributed by atoms with E-state index in [2.05, 4.69) is 10.6 Å². The summed E-state index contributed by atoms with van der Waals surface area (Å²) in [4.78, 5) is 12.1. The summed E-state index contributed by atoms with van der Waals surface area (Å²) in [6.07, 6.45) is -4.41. The molecule has 0 bridgehead atoms. The molecule has 0 spiro atoms. The first-order valence-corrected chi connectivity index (χ1v) is 6.48. The van der Waals surface area contributed by atoms with Crippen LogP contribution in [0, 0.1) is 18.8 Å². The average Bonchev–Trinajstić information content (AvgIpc) is 2.77. The van der Waals surface area contributed by atoms with E-state index < -0.39 is 11.7 Å². The lowest BCUT2D eigenvalue weighted by atomic mass is 9.97. The lowest BCUT2D eigenvalue weighted by Gasteiger charge is -2.17. The van der Waals surface area contributed by atoms with Gasteiger partial charge in [-0.15, -0.1) is 0 Å². The Labute approximate surface area is 115 Å². The number of rotatable bonds is 2. The number of nitrogens with one attached hydrogen (secondary N) is 2. The third kappa shape index (κ3) is 3.12. The minimum atomic E-state index is -4.41. The molecule has 3 nitrogen and oxygen atoms in total. The fourth-order valence-corrected chi connectivity index (χ4v) is 2.32. The molecule has 2 atom stereocenters. The second-order valence-electron chi connectivity index (χ2n) is 5.26. The van der Waals surface area contributed by atoms with E-state index in [1.807, 2.05) is 6.92 Å².